The van der Waals surface area contributed by atoms with E-state index in [0.29, 0.717) is 0 Å². The summed E-state index contributed by atoms with van der Waals surface area (Å²) in [7, 11) is 1.95. The minimum Gasteiger partial charge on any atom is -0.308 e. The van der Waals surface area contributed by atoms with Crippen molar-refractivity contribution in [1.82, 2.24) is 20.1 Å². The molecule has 0 bridgehead atoms. The summed E-state index contributed by atoms with van der Waals surface area (Å²) in [6.45, 7) is 3.09. The summed E-state index contributed by atoms with van der Waals surface area (Å²) < 4.78 is 3.03. The second-order valence-corrected chi connectivity index (χ2v) is 5.05. The Balaban J connectivity index is 2.36. The predicted molar refractivity (Wildman–Crippen MR) is 75.4 cm³/mol. The van der Waals surface area contributed by atoms with Crippen molar-refractivity contribution >= 4 is 15.9 Å². The zero-order chi connectivity index (χ0) is 13.0. The van der Waals surface area contributed by atoms with Gasteiger partial charge in [0.2, 0.25) is 0 Å². The van der Waals surface area contributed by atoms with E-state index in [1.54, 1.807) is 6.20 Å². The van der Waals surface area contributed by atoms with Crippen LogP contribution in [0.5, 0.6) is 0 Å². The molecular weight excluding hydrogens is 292 g/mol. The van der Waals surface area contributed by atoms with Gasteiger partial charge >= 0.3 is 0 Å². The van der Waals surface area contributed by atoms with Crippen LogP contribution in [0.25, 0.3) is 0 Å². The topological polar surface area (TPSA) is 42.7 Å². The molecule has 0 aromatic carbocycles. The van der Waals surface area contributed by atoms with Crippen molar-refractivity contribution < 1.29 is 0 Å². The molecule has 2 rings (SSSR count). The Morgan fingerprint density at radius 2 is 2.28 bits per heavy atom. The van der Waals surface area contributed by atoms with Gasteiger partial charge < -0.3 is 5.32 Å². The van der Waals surface area contributed by atoms with E-state index >= 15 is 0 Å². The van der Waals surface area contributed by atoms with E-state index in [1.165, 1.54) is 5.69 Å². The number of rotatable bonds is 5. The lowest BCUT2D eigenvalue weighted by Gasteiger charge is -2.18. The minimum absolute atomic E-state index is 0.115. The average Bonchev–Trinajstić information content (AvgIpc) is 2.79. The number of aromatic nitrogens is 3. The second kappa shape index (κ2) is 6.11. The van der Waals surface area contributed by atoms with Crippen molar-refractivity contribution in [1.29, 1.82) is 0 Å². The molecule has 0 radical (unpaired) electrons. The lowest BCUT2D eigenvalue weighted by molar-refractivity contribution is 0.534. The predicted octanol–water partition coefficient (Wildman–Crippen LogP) is 2.76. The van der Waals surface area contributed by atoms with Crippen LogP contribution in [-0.4, -0.2) is 21.8 Å². The number of aryl methyl sites for hydroxylation is 1. The molecule has 2 heterocycles. The fraction of sp³-hybridized carbons (Fsp3) is 0.385. The number of nitrogens with zero attached hydrogens (tertiary/aromatic N) is 3. The third-order valence-electron chi connectivity index (χ3n) is 2.83. The molecule has 96 valence electrons. The highest BCUT2D eigenvalue weighted by Gasteiger charge is 2.16. The highest BCUT2D eigenvalue weighted by atomic mass is 79.9. The van der Waals surface area contributed by atoms with Crippen molar-refractivity contribution in [3.63, 3.8) is 0 Å². The molecule has 2 aromatic rings. The molecule has 0 saturated heterocycles. The van der Waals surface area contributed by atoms with Gasteiger partial charge in [-0.25, -0.2) is 0 Å². The van der Waals surface area contributed by atoms with Gasteiger partial charge in [-0.3, -0.25) is 9.67 Å². The Morgan fingerprint density at radius 3 is 2.94 bits per heavy atom. The van der Waals surface area contributed by atoms with Gasteiger partial charge in [0.05, 0.1) is 11.7 Å². The first-order valence-corrected chi connectivity index (χ1v) is 6.85. The molecule has 18 heavy (non-hydrogen) atoms. The summed E-state index contributed by atoms with van der Waals surface area (Å²) in [6.07, 6.45) is 6.59. The molecule has 0 saturated carbocycles. The van der Waals surface area contributed by atoms with Gasteiger partial charge in [-0.2, -0.15) is 5.10 Å². The number of halogens is 1. The van der Waals surface area contributed by atoms with E-state index in [9.17, 15) is 0 Å². The quantitative estimate of drug-likeness (QED) is 0.923. The molecule has 0 amide bonds. The van der Waals surface area contributed by atoms with E-state index in [0.717, 1.165) is 23.0 Å². The smallest absolute Gasteiger partial charge is 0.0761 e. The Hall–Kier alpha value is -1.20. The molecule has 0 aliphatic carbocycles. The highest BCUT2D eigenvalue weighted by Crippen LogP contribution is 2.23. The Kier molecular flexibility index (Phi) is 4.49. The summed E-state index contributed by atoms with van der Waals surface area (Å²) >= 11 is 3.46. The van der Waals surface area contributed by atoms with Crippen molar-refractivity contribution in [2.45, 2.75) is 25.9 Å². The van der Waals surface area contributed by atoms with Crippen molar-refractivity contribution in [2.24, 2.45) is 0 Å². The van der Waals surface area contributed by atoms with Crippen LogP contribution in [0.3, 0.4) is 0 Å². The first-order chi connectivity index (χ1) is 8.76. The molecule has 1 atom stereocenters. The van der Waals surface area contributed by atoms with Gasteiger partial charge in [-0.1, -0.05) is 6.92 Å². The Bertz CT molecular complexity index is 509. The van der Waals surface area contributed by atoms with Gasteiger partial charge in [0.15, 0.2) is 0 Å². The van der Waals surface area contributed by atoms with Gasteiger partial charge in [-0.15, -0.1) is 0 Å². The lowest BCUT2D eigenvalue weighted by atomic mass is 10.1. The van der Waals surface area contributed by atoms with E-state index in [4.69, 9.17) is 0 Å². The Morgan fingerprint density at radius 1 is 1.44 bits per heavy atom. The van der Waals surface area contributed by atoms with Crippen LogP contribution in [0, 0.1) is 0 Å². The standard InChI is InChI=1S/C13H17BrN4/c1-3-6-18-12(4-5-17-18)13(15-2)10-7-11(14)9-16-8-10/h4-5,7-9,13,15H,3,6H2,1-2H3. The maximum Gasteiger partial charge on any atom is 0.0761 e. The fourth-order valence-electron chi connectivity index (χ4n) is 2.06. The van der Waals surface area contributed by atoms with Gasteiger partial charge in [0.1, 0.15) is 0 Å². The molecule has 4 nitrogen and oxygen atoms in total. The summed E-state index contributed by atoms with van der Waals surface area (Å²) in [4.78, 5) is 4.22. The Labute approximate surface area is 116 Å². The summed E-state index contributed by atoms with van der Waals surface area (Å²) in [6, 6.07) is 4.25. The van der Waals surface area contributed by atoms with E-state index < -0.39 is 0 Å². The molecule has 2 aromatic heterocycles. The average molecular weight is 309 g/mol. The second-order valence-electron chi connectivity index (χ2n) is 4.14. The molecule has 0 aliphatic rings. The molecular formula is C13H17BrN4. The van der Waals surface area contributed by atoms with Crippen LogP contribution in [-0.2, 0) is 6.54 Å². The molecule has 0 aliphatic heterocycles. The van der Waals surface area contributed by atoms with Crippen LogP contribution in [0.4, 0.5) is 0 Å². The third-order valence-corrected chi connectivity index (χ3v) is 3.26. The molecule has 0 fully saturated rings. The first-order valence-electron chi connectivity index (χ1n) is 6.05. The number of hydrogen-bond acceptors (Lipinski definition) is 3. The number of nitrogens with one attached hydrogen (secondary N) is 1. The van der Waals surface area contributed by atoms with Crippen LogP contribution in [0.1, 0.15) is 30.6 Å². The van der Waals surface area contributed by atoms with Crippen LogP contribution in [0.15, 0.2) is 35.2 Å². The minimum atomic E-state index is 0.115. The lowest BCUT2D eigenvalue weighted by Crippen LogP contribution is -2.21. The SMILES string of the molecule is CCCn1nccc1C(NC)c1cncc(Br)c1. The monoisotopic (exact) mass is 308 g/mol. The number of hydrogen-bond donors (Lipinski definition) is 1. The van der Waals surface area contributed by atoms with Gasteiger partial charge in [-0.05, 0) is 47.1 Å². The van der Waals surface area contributed by atoms with E-state index in [-0.39, 0.29) is 6.04 Å². The summed E-state index contributed by atoms with van der Waals surface area (Å²) in [5, 5.41) is 7.69. The summed E-state index contributed by atoms with van der Waals surface area (Å²) in [5.74, 6) is 0. The first kappa shape index (κ1) is 13.2. The highest BCUT2D eigenvalue weighted by molar-refractivity contribution is 9.10. The van der Waals surface area contributed by atoms with Crippen molar-refractivity contribution in [2.75, 3.05) is 7.05 Å². The largest absolute Gasteiger partial charge is 0.308 e. The molecule has 0 spiro atoms. The van der Waals surface area contributed by atoms with Gasteiger partial charge in [0.25, 0.3) is 0 Å². The molecule has 1 N–H and O–H groups in total. The van der Waals surface area contributed by atoms with Gasteiger partial charge in [0, 0.05) is 29.6 Å². The fourth-order valence-corrected chi connectivity index (χ4v) is 2.44. The van der Waals surface area contributed by atoms with Crippen molar-refractivity contribution in [3.05, 3.63) is 46.5 Å². The zero-order valence-electron chi connectivity index (χ0n) is 10.6. The normalized spacial score (nSPS) is 12.6. The zero-order valence-corrected chi connectivity index (χ0v) is 12.2. The molecule has 5 heteroatoms. The van der Waals surface area contributed by atoms with Crippen LogP contribution in [0.2, 0.25) is 0 Å². The van der Waals surface area contributed by atoms with E-state index in [1.807, 2.05) is 24.1 Å². The molecule has 1 unspecified atom stereocenters. The maximum atomic E-state index is 4.37. The maximum absolute atomic E-state index is 4.37. The summed E-state index contributed by atoms with van der Waals surface area (Å²) in [5.41, 5.74) is 2.30. The number of pyridine rings is 1. The van der Waals surface area contributed by atoms with Crippen LogP contribution >= 0.6 is 15.9 Å². The third kappa shape index (κ3) is 2.79. The van der Waals surface area contributed by atoms with Crippen molar-refractivity contribution in [3.8, 4) is 0 Å². The van der Waals surface area contributed by atoms with Crippen LogP contribution < -0.4 is 5.32 Å². The van der Waals surface area contributed by atoms with E-state index in [2.05, 4.69) is 50.4 Å².